The summed E-state index contributed by atoms with van der Waals surface area (Å²) in [6.07, 6.45) is -4.72. The van der Waals surface area contributed by atoms with Gasteiger partial charge in [-0.05, 0) is 95.1 Å². The summed E-state index contributed by atoms with van der Waals surface area (Å²) in [6, 6.07) is 32.7. The first kappa shape index (κ1) is 28.3. The molecular weight excluding hydrogens is 588 g/mol. The second-order valence-corrected chi connectivity index (χ2v) is 10.6. The third kappa shape index (κ3) is 5.51. The van der Waals surface area contributed by atoms with Gasteiger partial charge >= 0.3 is 6.18 Å². The first-order chi connectivity index (χ1) is 21.6. The van der Waals surface area contributed by atoms with E-state index in [2.05, 4.69) is 0 Å². The van der Waals surface area contributed by atoms with Gasteiger partial charge in [0.2, 0.25) is 0 Å². The molecule has 0 aliphatic carbocycles. The third-order valence-corrected chi connectivity index (χ3v) is 7.58. The molecule has 0 aliphatic rings. The smallest absolute Gasteiger partial charge is 0.416 e. The molecule has 2 nitrogen and oxygen atoms in total. The molecule has 1 heterocycles. The van der Waals surface area contributed by atoms with E-state index in [4.69, 9.17) is 4.42 Å². The van der Waals surface area contributed by atoms with Crippen LogP contribution in [-0.4, -0.2) is 0 Å². The Hall–Kier alpha value is -5.50. The van der Waals surface area contributed by atoms with E-state index in [9.17, 15) is 26.3 Å². The lowest BCUT2D eigenvalue weighted by molar-refractivity contribution is -0.137. The molecule has 0 saturated carbocycles. The van der Waals surface area contributed by atoms with Crippen LogP contribution in [0.1, 0.15) is 5.56 Å². The van der Waals surface area contributed by atoms with E-state index in [0.717, 1.165) is 29.0 Å². The van der Waals surface area contributed by atoms with Crippen molar-refractivity contribution in [1.82, 2.24) is 0 Å². The first-order valence-corrected chi connectivity index (χ1v) is 13.9. The Morgan fingerprint density at radius 2 is 1.00 bits per heavy atom. The van der Waals surface area contributed by atoms with Gasteiger partial charge < -0.3 is 9.32 Å². The number of halogens is 6. The lowest BCUT2D eigenvalue weighted by atomic mass is 10.0. The minimum atomic E-state index is -4.72. The zero-order valence-corrected chi connectivity index (χ0v) is 23.2. The Bertz CT molecular complexity index is 2200. The fourth-order valence-electron chi connectivity index (χ4n) is 5.59. The Balaban J connectivity index is 1.41. The van der Waals surface area contributed by atoms with Crippen molar-refractivity contribution in [2.24, 2.45) is 0 Å². The number of hydrogen-bond donors (Lipinski definition) is 0. The minimum absolute atomic E-state index is 0.0563. The zero-order chi connectivity index (χ0) is 31.3. The summed E-state index contributed by atoms with van der Waals surface area (Å²) in [6.45, 7) is 0. The maximum absolute atomic E-state index is 14.4. The maximum Gasteiger partial charge on any atom is 0.416 e. The Morgan fingerprint density at radius 1 is 0.444 bits per heavy atom. The molecule has 0 bridgehead atoms. The molecule has 0 unspecified atom stereocenters. The van der Waals surface area contributed by atoms with Gasteiger partial charge in [-0.25, -0.2) is 13.2 Å². The normalized spacial score (nSPS) is 11.8. The highest BCUT2D eigenvalue weighted by Crippen LogP contribution is 2.41. The summed E-state index contributed by atoms with van der Waals surface area (Å²) in [5.74, 6) is -2.44. The molecule has 0 amide bonds. The highest BCUT2D eigenvalue weighted by Gasteiger charge is 2.31. The van der Waals surface area contributed by atoms with E-state index in [1.165, 1.54) is 12.1 Å². The van der Waals surface area contributed by atoms with Gasteiger partial charge in [-0.1, -0.05) is 42.5 Å². The van der Waals surface area contributed by atoms with Gasteiger partial charge in [0.05, 0.1) is 5.56 Å². The molecule has 7 rings (SSSR count). The van der Waals surface area contributed by atoms with E-state index >= 15 is 0 Å². The van der Waals surface area contributed by atoms with E-state index in [1.807, 2.05) is 47.4 Å². The molecule has 6 aromatic carbocycles. The van der Waals surface area contributed by atoms with Crippen molar-refractivity contribution < 1.29 is 30.8 Å². The number of alkyl halides is 3. The van der Waals surface area contributed by atoms with E-state index in [0.29, 0.717) is 51.0 Å². The second kappa shape index (κ2) is 10.9. The first-order valence-electron chi connectivity index (χ1n) is 13.9. The molecule has 0 radical (unpaired) electrons. The summed E-state index contributed by atoms with van der Waals surface area (Å²) >= 11 is 0. The van der Waals surface area contributed by atoms with Gasteiger partial charge in [-0.3, -0.25) is 0 Å². The Kier molecular flexibility index (Phi) is 6.85. The van der Waals surface area contributed by atoms with Crippen LogP contribution in [0, 0.1) is 17.5 Å². The monoisotopic (exact) mass is 609 g/mol. The van der Waals surface area contributed by atoms with Gasteiger partial charge in [0.15, 0.2) is 0 Å². The fourth-order valence-corrected chi connectivity index (χ4v) is 5.59. The van der Waals surface area contributed by atoms with E-state index in [-0.39, 0.29) is 5.56 Å². The molecule has 0 aliphatic heterocycles. The number of para-hydroxylation sites is 1. The van der Waals surface area contributed by atoms with Crippen LogP contribution in [0.2, 0.25) is 0 Å². The molecular formula is C37H21F6NO. The average molecular weight is 610 g/mol. The summed E-state index contributed by atoms with van der Waals surface area (Å²) < 4.78 is 89.3. The van der Waals surface area contributed by atoms with Crippen LogP contribution in [0.15, 0.2) is 132 Å². The summed E-state index contributed by atoms with van der Waals surface area (Å²) in [4.78, 5) is 1.85. The van der Waals surface area contributed by atoms with Crippen LogP contribution in [-0.2, 0) is 6.18 Å². The molecule has 45 heavy (non-hydrogen) atoms. The lowest BCUT2D eigenvalue weighted by Crippen LogP contribution is -2.10. The molecule has 0 N–H and O–H groups in total. The largest absolute Gasteiger partial charge is 0.456 e. The molecule has 0 fully saturated rings. The predicted molar refractivity (Wildman–Crippen MR) is 164 cm³/mol. The van der Waals surface area contributed by atoms with Crippen molar-refractivity contribution in [2.45, 2.75) is 6.18 Å². The number of fused-ring (bicyclic) bond motifs is 3. The predicted octanol–water partition coefficient (Wildman–Crippen LogP) is 11.8. The number of nitrogens with zero attached hydrogens (tertiary/aromatic N) is 1. The number of benzene rings is 6. The second-order valence-electron chi connectivity index (χ2n) is 10.6. The summed E-state index contributed by atoms with van der Waals surface area (Å²) in [5, 5.41) is 1.83. The standard InChI is InChI=1S/C37H21F6NO/c38-27-14-24(13-26(19-27)37(41,42)43)22-5-3-7-30(17-22)44(31-8-4-6-23(18-31)25-15-28(39)20-29(40)16-25)32-11-12-34-33-9-1-2-10-35(33)45-36(34)21-32/h1-21H. The van der Waals surface area contributed by atoms with Crippen LogP contribution in [0.25, 0.3) is 44.2 Å². The van der Waals surface area contributed by atoms with Crippen LogP contribution < -0.4 is 4.90 Å². The summed E-state index contributed by atoms with van der Waals surface area (Å²) in [5.41, 5.74) is 3.30. The van der Waals surface area contributed by atoms with Gasteiger partial charge in [-0.2, -0.15) is 13.2 Å². The molecule has 1 aromatic heterocycles. The number of rotatable bonds is 5. The molecule has 8 heteroatoms. The molecule has 7 aromatic rings. The van der Waals surface area contributed by atoms with Crippen molar-refractivity contribution in [3.63, 3.8) is 0 Å². The molecule has 0 saturated heterocycles. The SMILES string of the molecule is Fc1cc(F)cc(-c2cccc(N(c3cccc(-c4cc(F)cc(C(F)(F)F)c4)c3)c3ccc4c(c3)oc3ccccc34)c2)c1. The molecule has 0 spiro atoms. The van der Waals surface area contributed by atoms with Crippen LogP contribution in [0.3, 0.4) is 0 Å². The number of anilines is 3. The average Bonchev–Trinajstić information content (AvgIpc) is 3.38. The van der Waals surface area contributed by atoms with Gasteiger partial charge in [0, 0.05) is 40.0 Å². The topological polar surface area (TPSA) is 16.4 Å². The Labute approximate surface area is 253 Å². The maximum atomic E-state index is 14.4. The highest BCUT2D eigenvalue weighted by molar-refractivity contribution is 6.06. The van der Waals surface area contributed by atoms with Crippen molar-refractivity contribution in [3.05, 3.63) is 150 Å². The highest BCUT2D eigenvalue weighted by atomic mass is 19.4. The van der Waals surface area contributed by atoms with Gasteiger partial charge in [0.1, 0.15) is 28.6 Å². The zero-order valence-electron chi connectivity index (χ0n) is 23.2. The van der Waals surface area contributed by atoms with E-state index < -0.39 is 29.2 Å². The van der Waals surface area contributed by atoms with Crippen molar-refractivity contribution in [1.29, 1.82) is 0 Å². The van der Waals surface area contributed by atoms with Crippen LogP contribution >= 0.6 is 0 Å². The van der Waals surface area contributed by atoms with Gasteiger partial charge in [0.25, 0.3) is 0 Å². The Morgan fingerprint density at radius 3 is 1.64 bits per heavy atom. The number of furan rings is 1. The van der Waals surface area contributed by atoms with Crippen molar-refractivity contribution in [3.8, 4) is 22.3 Å². The van der Waals surface area contributed by atoms with Gasteiger partial charge in [-0.15, -0.1) is 0 Å². The van der Waals surface area contributed by atoms with Crippen LogP contribution in [0.5, 0.6) is 0 Å². The summed E-state index contributed by atoms with van der Waals surface area (Å²) in [7, 11) is 0. The van der Waals surface area contributed by atoms with Crippen molar-refractivity contribution in [2.75, 3.05) is 4.90 Å². The fraction of sp³-hybridized carbons (Fsp3) is 0.0270. The third-order valence-electron chi connectivity index (χ3n) is 7.58. The minimum Gasteiger partial charge on any atom is -0.456 e. The van der Waals surface area contributed by atoms with E-state index in [1.54, 1.807) is 48.5 Å². The lowest BCUT2D eigenvalue weighted by Gasteiger charge is -2.26. The van der Waals surface area contributed by atoms with Crippen molar-refractivity contribution >= 4 is 39.0 Å². The number of hydrogen-bond acceptors (Lipinski definition) is 2. The quantitative estimate of drug-likeness (QED) is 0.181. The van der Waals surface area contributed by atoms with Crippen LogP contribution in [0.4, 0.5) is 43.4 Å². The molecule has 222 valence electrons. The molecule has 0 atom stereocenters.